The van der Waals surface area contributed by atoms with E-state index in [1.807, 2.05) is 0 Å². The van der Waals surface area contributed by atoms with E-state index in [1.54, 1.807) is 25.1 Å². The van der Waals surface area contributed by atoms with E-state index in [1.165, 1.54) is 12.1 Å². The van der Waals surface area contributed by atoms with E-state index in [0.717, 1.165) is 0 Å². The standard InChI is InChI=1S/C10H11ClN2O2/c1-7(12)2-3-8-6-9(11)4-5-10(8)13(14)15/h2-7H,12H2,1H3/b3-2+. The molecule has 0 saturated carbocycles. The van der Waals surface area contributed by atoms with Crippen LogP contribution in [0.5, 0.6) is 0 Å². The van der Waals surface area contributed by atoms with Crippen molar-refractivity contribution in [3.63, 3.8) is 0 Å². The fourth-order valence-corrected chi connectivity index (χ4v) is 1.26. The molecule has 1 atom stereocenters. The van der Waals surface area contributed by atoms with Crippen LogP contribution in [0.15, 0.2) is 24.3 Å². The van der Waals surface area contributed by atoms with Gasteiger partial charge in [-0.3, -0.25) is 10.1 Å². The molecule has 0 aliphatic rings. The van der Waals surface area contributed by atoms with Crippen LogP contribution in [0.25, 0.3) is 6.08 Å². The maximum Gasteiger partial charge on any atom is 0.276 e. The maximum absolute atomic E-state index is 10.7. The minimum absolute atomic E-state index is 0.0244. The smallest absolute Gasteiger partial charge is 0.276 e. The highest BCUT2D eigenvalue weighted by Gasteiger charge is 2.11. The summed E-state index contributed by atoms with van der Waals surface area (Å²) in [5, 5.41) is 11.1. The normalized spacial score (nSPS) is 13.0. The summed E-state index contributed by atoms with van der Waals surface area (Å²) in [6.07, 6.45) is 3.29. The van der Waals surface area contributed by atoms with Gasteiger partial charge in [0, 0.05) is 17.1 Å². The lowest BCUT2D eigenvalue weighted by Crippen LogP contribution is -2.10. The molecule has 0 radical (unpaired) electrons. The van der Waals surface area contributed by atoms with Crippen molar-refractivity contribution in [3.05, 3.63) is 45.0 Å². The molecule has 80 valence electrons. The molecule has 0 aliphatic heterocycles. The summed E-state index contributed by atoms with van der Waals surface area (Å²) in [6, 6.07) is 4.26. The van der Waals surface area contributed by atoms with Crippen LogP contribution in [-0.2, 0) is 0 Å². The molecule has 2 N–H and O–H groups in total. The van der Waals surface area contributed by atoms with Crippen LogP contribution in [0.1, 0.15) is 12.5 Å². The Hall–Kier alpha value is -1.39. The van der Waals surface area contributed by atoms with Gasteiger partial charge in [0.15, 0.2) is 0 Å². The van der Waals surface area contributed by atoms with Gasteiger partial charge in [0.1, 0.15) is 0 Å². The van der Waals surface area contributed by atoms with E-state index in [9.17, 15) is 10.1 Å². The molecular formula is C10H11ClN2O2. The quantitative estimate of drug-likeness (QED) is 0.636. The summed E-state index contributed by atoms with van der Waals surface area (Å²) < 4.78 is 0. The van der Waals surface area contributed by atoms with Gasteiger partial charge in [-0.25, -0.2) is 0 Å². The molecule has 1 aromatic rings. The third-order valence-corrected chi connectivity index (χ3v) is 2.00. The summed E-state index contributed by atoms with van der Waals surface area (Å²) in [7, 11) is 0. The molecule has 5 heteroatoms. The summed E-state index contributed by atoms with van der Waals surface area (Å²) in [4.78, 5) is 10.2. The SMILES string of the molecule is CC(N)/C=C/c1cc(Cl)ccc1[N+](=O)[O-]. The zero-order valence-electron chi connectivity index (χ0n) is 8.18. The Morgan fingerprint density at radius 2 is 2.27 bits per heavy atom. The first-order valence-corrected chi connectivity index (χ1v) is 4.76. The van der Waals surface area contributed by atoms with Crippen molar-refractivity contribution in [2.45, 2.75) is 13.0 Å². The molecule has 0 amide bonds. The first kappa shape index (κ1) is 11.7. The van der Waals surface area contributed by atoms with Crippen LogP contribution < -0.4 is 5.73 Å². The number of benzene rings is 1. The van der Waals surface area contributed by atoms with Crippen molar-refractivity contribution in [2.75, 3.05) is 0 Å². The molecule has 15 heavy (non-hydrogen) atoms. The Labute approximate surface area is 92.5 Å². The van der Waals surface area contributed by atoms with Gasteiger partial charge < -0.3 is 5.73 Å². The molecule has 0 fully saturated rings. The molecule has 4 nitrogen and oxygen atoms in total. The molecule has 0 aromatic heterocycles. The van der Waals surface area contributed by atoms with Gasteiger partial charge in [0.2, 0.25) is 0 Å². The first-order chi connectivity index (χ1) is 7.00. The largest absolute Gasteiger partial charge is 0.325 e. The van der Waals surface area contributed by atoms with Gasteiger partial charge in [0.05, 0.1) is 10.5 Å². The average Bonchev–Trinajstić information content (AvgIpc) is 2.14. The van der Waals surface area contributed by atoms with Gasteiger partial charge >= 0.3 is 0 Å². The lowest BCUT2D eigenvalue weighted by Gasteiger charge is -1.99. The van der Waals surface area contributed by atoms with E-state index in [-0.39, 0.29) is 11.7 Å². The third kappa shape index (κ3) is 3.34. The summed E-state index contributed by atoms with van der Waals surface area (Å²) in [5.41, 5.74) is 6.00. The zero-order valence-corrected chi connectivity index (χ0v) is 8.94. The van der Waals surface area contributed by atoms with Gasteiger partial charge in [-0.1, -0.05) is 23.8 Å². The maximum atomic E-state index is 10.7. The number of nitrogens with zero attached hydrogens (tertiary/aromatic N) is 1. The molecule has 0 saturated heterocycles. The van der Waals surface area contributed by atoms with E-state index < -0.39 is 4.92 Å². The highest BCUT2D eigenvalue weighted by molar-refractivity contribution is 6.30. The Balaban J connectivity index is 3.13. The summed E-state index contributed by atoms with van der Waals surface area (Å²) >= 11 is 5.75. The second-order valence-corrected chi connectivity index (χ2v) is 3.61. The summed E-state index contributed by atoms with van der Waals surface area (Å²) in [5.74, 6) is 0. The van der Waals surface area contributed by atoms with E-state index in [4.69, 9.17) is 17.3 Å². The number of hydrogen-bond donors (Lipinski definition) is 1. The second-order valence-electron chi connectivity index (χ2n) is 3.18. The van der Waals surface area contributed by atoms with E-state index >= 15 is 0 Å². The first-order valence-electron chi connectivity index (χ1n) is 4.38. The van der Waals surface area contributed by atoms with Crippen LogP contribution in [0.3, 0.4) is 0 Å². The van der Waals surface area contributed by atoms with Crippen LogP contribution in [0.2, 0.25) is 5.02 Å². The number of nitrogens with two attached hydrogens (primary N) is 1. The van der Waals surface area contributed by atoms with Gasteiger partial charge in [0.25, 0.3) is 5.69 Å². The van der Waals surface area contributed by atoms with E-state index in [2.05, 4.69) is 0 Å². The highest BCUT2D eigenvalue weighted by Crippen LogP contribution is 2.23. The lowest BCUT2D eigenvalue weighted by atomic mass is 10.1. The van der Waals surface area contributed by atoms with Crippen LogP contribution >= 0.6 is 11.6 Å². The molecule has 1 unspecified atom stereocenters. The average molecular weight is 227 g/mol. The van der Waals surface area contributed by atoms with Crippen molar-refractivity contribution in [2.24, 2.45) is 5.73 Å². The Morgan fingerprint density at radius 1 is 1.60 bits per heavy atom. The van der Waals surface area contributed by atoms with Crippen LogP contribution in [0.4, 0.5) is 5.69 Å². The lowest BCUT2D eigenvalue weighted by molar-refractivity contribution is -0.385. The summed E-state index contributed by atoms with van der Waals surface area (Å²) in [6.45, 7) is 1.78. The zero-order chi connectivity index (χ0) is 11.4. The van der Waals surface area contributed by atoms with Gasteiger partial charge in [-0.15, -0.1) is 0 Å². The number of nitro benzene ring substituents is 1. The third-order valence-electron chi connectivity index (χ3n) is 1.77. The molecule has 0 aliphatic carbocycles. The highest BCUT2D eigenvalue weighted by atomic mass is 35.5. The molecule has 1 aromatic carbocycles. The number of rotatable bonds is 3. The van der Waals surface area contributed by atoms with Gasteiger partial charge in [-0.2, -0.15) is 0 Å². The topological polar surface area (TPSA) is 69.2 Å². The fourth-order valence-electron chi connectivity index (χ4n) is 1.08. The van der Waals surface area contributed by atoms with Crippen molar-refractivity contribution < 1.29 is 4.92 Å². The molecule has 1 rings (SSSR count). The monoisotopic (exact) mass is 226 g/mol. The van der Waals surface area contributed by atoms with E-state index in [0.29, 0.717) is 10.6 Å². The minimum atomic E-state index is -0.447. The van der Waals surface area contributed by atoms with Crippen molar-refractivity contribution >= 4 is 23.4 Å². The van der Waals surface area contributed by atoms with Crippen LogP contribution in [-0.4, -0.2) is 11.0 Å². The molecule has 0 heterocycles. The van der Waals surface area contributed by atoms with Gasteiger partial charge in [-0.05, 0) is 19.1 Å². The molecule has 0 bridgehead atoms. The van der Waals surface area contributed by atoms with Crippen molar-refractivity contribution in [3.8, 4) is 0 Å². The number of hydrogen-bond acceptors (Lipinski definition) is 3. The number of nitro groups is 1. The van der Waals surface area contributed by atoms with Crippen molar-refractivity contribution in [1.29, 1.82) is 0 Å². The predicted octanol–water partition coefficient (Wildman–Crippen LogP) is 2.61. The molecule has 0 spiro atoms. The van der Waals surface area contributed by atoms with Crippen molar-refractivity contribution in [1.82, 2.24) is 0 Å². The van der Waals surface area contributed by atoms with Crippen LogP contribution in [0, 0.1) is 10.1 Å². The minimum Gasteiger partial charge on any atom is -0.325 e. The predicted molar refractivity (Wildman–Crippen MR) is 60.8 cm³/mol. The Morgan fingerprint density at radius 3 is 2.80 bits per heavy atom. The Bertz CT molecular complexity index is 402. The Kier molecular flexibility index (Phi) is 3.82. The second kappa shape index (κ2) is 4.91. The fraction of sp³-hybridized carbons (Fsp3) is 0.200. The molecular weight excluding hydrogens is 216 g/mol. The number of halogens is 1.